The molecule has 2 N–H and O–H groups in total. The van der Waals surface area contributed by atoms with Gasteiger partial charge in [-0.15, -0.1) is 0 Å². The van der Waals surface area contributed by atoms with E-state index in [0.29, 0.717) is 5.92 Å². The zero-order valence-electron chi connectivity index (χ0n) is 24.6. The fourth-order valence-electron chi connectivity index (χ4n) is 5.97. The second-order valence-corrected chi connectivity index (χ2v) is 11.3. The molecular weight excluding hydrogens is 430 g/mol. The van der Waals surface area contributed by atoms with Crippen LogP contribution in [0.5, 0.6) is 0 Å². The van der Waals surface area contributed by atoms with Crippen LogP contribution in [0.2, 0.25) is 0 Å². The van der Waals surface area contributed by atoms with Gasteiger partial charge < -0.3 is 4.84 Å². The van der Waals surface area contributed by atoms with E-state index < -0.39 is 0 Å². The van der Waals surface area contributed by atoms with E-state index in [2.05, 4.69) is 27.7 Å². The van der Waals surface area contributed by atoms with Gasteiger partial charge in [0.2, 0.25) is 0 Å². The second-order valence-electron chi connectivity index (χ2n) is 11.3. The van der Waals surface area contributed by atoms with Crippen LogP contribution in [0.4, 0.5) is 0 Å². The van der Waals surface area contributed by atoms with Crippen LogP contribution >= 0.6 is 0 Å². The highest BCUT2D eigenvalue weighted by Gasteiger charge is 2.45. The number of rotatable bonds is 27. The molecule has 1 atom stereocenters. The molecule has 0 aliphatic heterocycles. The molecule has 0 aromatic carbocycles. The van der Waals surface area contributed by atoms with Crippen LogP contribution in [-0.4, -0.2) is 5.97 Å². The van der Waals surface area contributed by atoms with Crippen LogP contribution in [-0.2, 0) is 9.63 Å². The van der Waals surface area contributed by atoms with E-state index in [1.165, 1.54) is 122 Å². The fourth-order valence-corrected chi connectivity index (χ4v) is 5.97. The largest absolute Gasteiger partial charge is 0.373 e. The average molecular weight is 496 g/mol. The van der Waals surface area contributed by atoms with Gasteiger partial charge in [0.05, 0.1) is 5.41 Å². The van der Waals surface area contributed by atoms with Crippen LogP contribution in [0.25, 0.3) is 0 Å². The first kappa shape index (κ1) is 34.4. The van der Waals surface area contributed by atoms with Crippen LogP contribution in [0.3, 0.4) is 0 Å². The molecular formula is C32H65NO2. The van der Waals surface area contributed by atoms with Crippen molar-refractivity contribution in [2.24, 2.45) is 17.2 Å². The maximum absolute atomic E-state index is 13.5. The first-order valence-electron chi connectivity index (χ1n) is 16.0. The lowest BCUT2D eigenvalue weighted by Crippen LogP contribution is -2.41. The van der Waals surface area contributed by atoms with E-state index >= 15 is 0 Å². The molecule has 0 rings (SSSR count). The topological polar surface area (TPSA) is 52.3 Å². The summed E-state index contributed by atoms with van der Waals surface area (Å²) in [4.78, 5) is 18.6. The summed E-state index contributed by atoms with van der Waals surface area (Å²) < 4.78 is 0. The zero-order valence-corrected chi connectivity index (χ0v) is 24.6. The van der Waals surface area contributed by atoms with E-state index in [4.69, 9.17) is 10.7 Å². The Balaban J connectivity index is 5.40. The molecule has 210 valence electrons. The summed E-state index contributed by atoms with van der Waals surface area (Å²) in [7, 11) is 0. The molecule has 35 heavy (non-hydrogen) atoms. The molecule has 0 saturated carbocycles. The minimum Gasteiger partial charge on any atom is -0.373 e. The van der Waals surface area contributed by atoms with Crippen molar-refractivity contribution in [2.45, 2.75) is 188 Å². The molecule has 0 heterocycles. The van der Waals surface area contributed by atoms with E-state index in [1.54, 1.807) is 0 Å². The van der Waals surface area contributed by atoms with Gasteiger partial charge in [-0.05, 0) is 31.6 Å². The monoisotopic (exact) mass is 496 g/mol. The summed E-state index contributed by atoms with van der Waals surface area (Å²) in [5.74, 6) is 5.97. The third kappa shape index (κ3) is 16.7. The van der Waals surface area contributed by atoms with Crippen molar-refractivity contribution < 1.29 is 9.63 Å². The Labute approximate surface area is 221 Å². The molecule has 0 amide bonds. The highest BCUT2D eigenvalue weighted by Crippen LogP contribution is 2.45. The molecule has 0 aliphatic rings. The van der Waals surface area contributed by atoms with Gasteiger partial charge in [-0.3, -0.25) is 0 Å². The zero-order chi connectivity index (χ0) is 26.0. The molecule has 0 aromatic rings. The summed E-state index contributed by atoms with van der Waals surface area (Å²) in [6, 6.07) is 0. The Kier molecular flexibility index (Phi) is 24.7. The molecule has 0 radical (unpaired) electrons. The van der Waals surface area contributed by atoms with Crippen LogP contribution < -0.4 is 5.90 Å². The second kappa shape index (κ2) is 25.1. The van der Waals surface area contributed by atoms with Crippen molar-refractivity contribution in [3.63, 3.8) is 0 Å². The predicted molar refractivity (Wildman–Crippen MR) is 154 cm³/mol. The Morgan fingerprint density at radius 2 is 0.857 bits per heavy atom. The molecule has 0 spiro atoms. The Hall–Kier alpha value is -0.570. The number of hydrogen-bond donors (Lipinski definition) is 1. The number of unbranched alkanes of at least 4 members (excludes halogenated alkanes) is 17. The van der Waals surface area contributed by atoms with Gasteiger partial charge in [-0.2, -0.15) is 5.90 Å². The van der Waals surface area contributed by atoms with Crippen molar-refractivity contribution in [3.05, 3.63) is 0 Å². The summed E-state index contributed by atoms with van der Waals surface area (Å²) in [6.07, 6.45) is 31.0. The van der Waals surface area contributed by atoms with Gasteiger partial charge in [-0.25, -0.2) is 4.79 Å². The third-order valence-corrected chi connectivity index (χ3v) is 8.31. The lowest BCUT2D eigenvalue weighted by molar-refractivity contribution is -0.163. The molecule has 0 bridgehead atoms. The Morgan fingerprint density at radius 3 is 1.26 bits per heavy atom. The first-order chi connectivity index (χ1) is 17.1. The maximum atomic E-state index is 13.5. The molecule has 1 unspecified atom stereocenters. The van der Waals surface area contributed by atoms with Gasteiger partial charge in [-0.1, -0.05) is 163 Å². The summed E-state index contributed by atoms with van der Waals surface area (Å²) in [5.41, 5.74) is -0.374. The highest BCUT2D eigenvalue weighted by atomic mass is 16.7. The quantitative estimate of drug-likeness (QED) is 0.0910. The molecule has 3 nitrogen and oxygen atoms in total. The van der Waals surface area contributed by atoms with Crippen molar-refractivity contribution >= 4 is 5.97 Å². The summed E-state index contributed by atoms with van der Waals surface area (Å²) >= 11 is 0. The van der Waals surface area contributed by atoms with Gasteiger partial charge in [0, 0.05) is 0 Å². The highest BCUT2D eigenvalue weighted by molar-refractivity contribution is 5.77. The number of carbonyl (C=O) groups excluding carboxylic acids is 1. The van der Waals surface area contributed by atoms with Crippen LogP contribution in [0.15, 0.2) is 0 Å². The lowest BCUT2D eigenvalue weighted by atomic mass is 9.65. The minimum atomic E-state index is -0.374. The van der Waals surface area contributed by atoms with Gasteiger partial charge in [0.1, 0.15) is 0 Å². The summed E-state index contributed by atoms with van der Waals surface area (Å²) in [5, 5.41) is 0. The van der Waals surface area contributed by atoms with E-state index in [9.17, 15) is 4.79 Å². The smallest absolute Gasteiger partial charge is 0.330 e. The third-order valence-electron chi connectivity index (χ3n) is 8.31. The normalized spacial score (nSPS) is 12.7. The first-order valence-corrected chi connectivity index (χ1v) is 16.0. The van der Waals surface area contributed by atoms with Gasteiger partial charge in [0.15, 0.2) is 0 Å². The fraction of sp³-hybridized carbons (Fsp3) is 0.969. The SMILES string of the molecule is CCCCCCCCC(CCCCC)C(CCCCCCCC)(CCCCCCCC)C(=O)ON. The Bertz CT molecular complexity index is 435. The molecule has 0 aromatic heterocycles. The Morgan fingerprint density at radius 1 is 0.543 bits per heavy atom. The van der Waals surface area contributed by atoms with E-state index in [1.807, 2.05) is 0 Å². The molecule has 0 saturated heterocycles. The number of carbonyl (C=O) groups is 1. The number of nitrogens with two attached hydrogens (primary N) is 1. The van der Waals surface area contributed by atoms with Crippen LogP contribution in [0.1, 0.15) is 188 Å². The van der Waals surface area contributed by atoms with Crippen molar-refractivity contribution in [1.29, 1.82) is 0 Å². The van der Waals surface area contributed by atoms with Crippen molar-refractivity contribution in [2.75, 3.05) is 0 Å². The van der Waals surface area contributed by atoms with Crippen molar-refractivity contribution in [3.8, 4) is 0 Å². The van der Waals surface area contributed by atoms with E-state index in [-0.39, 0.29) is 11.4 Å². The van der Waals surface area contributed by atoms with Gasteiger partial charge >= 0.3 is 5.97 Å². The van der Waals surface area contributed by atoms with Crippen LogP contribution in [0, 0.1) is 11.3 Å². The average Bonchev–Trinajstić information content (AvgIpc) is 2.87. The minimum absolute atomic E-state index is 0.105. The molecule has 3 heteroatoms. The number of hydrogen-bond acceptors (Lipinski definition) is 3. The van der Waals surface area contributed by atoms with Crippen molar-refractivity contribution in [1.82, 2.24) is 0 Å². The standard InChI is InChI=1S/C32H65NO2/c1-5-9-13-16-19-23-27-30(26-22-12-8-4)32(31(34)35-33,28-24-20-17-14-10-6-2)29-25-21-18-15-11-7-3/h30H,5-29,33H2,1-4H3. The van der Waals surface area contributed by atoms with E-state index in [0.717, 1.165) is 38.5 Å². The lowest BCUT2D eigenvalue weighted by Gasteiger charge is -2.39. The van der Waals surface area contributed by atoms with Gasteiger partial charge in [0.25, 0.3) is 0 Å². The molecule has 0 fully saturated rings. The summed E-state index contributed by atoms with van der Waals surface area (Å²) in [6.45, 7) is 9.09. The molecule has 0 aliphatic carbocycles. The predicted octanol–water partition coefficient (Wildman–Crippen LogP) is 10.8. The maximum Gasteiger partial charge on any atom is 0.330 e.